The van der Waals surface area contributed by atoms with Crippen molar-refractivity contribution in [1.82, 2.24) is 9.78 Å². The van der Waals surface area contributed by atoms with Gasteiger partial charge in [-0.15, -0.1) is 0 Å². The third kappa shape index (κ3) is 1.64. The van der Waals surface area contributed by atoms with E-state index in [4.69, 9.17) is 5.73 Å². The molecule has 90 valence electrons. The molecule has 0 amide bonds. The Kier molecular flexibility index (Phi) is 2.33. The van der Waals surface area contributed by atoms with Crippen LogP contribution in [-0.2, 0) is 7.05 Å². The molecule has 0 unspecified atom stereocenters. The van der Waals surface area contributed by atoms with Gasteiger partial charge in [-0.3, -0.25) is 4.68 Å². The summed E-state index contributed by atoms with van der Waals surface area (Å²) < 4.78 is 1.90. The quantitative estimate of drug-likeness (QED) is 0.661. The fourth-order valence-electron chi connectivity index (χ4n) is 2.29. The molecule has 1 aromatic heterocycles. The SMILES string of the molecule is Cc1cccc(-c2nn(C)c3ccc(N)cc23)c1. The molecule has 2 aromatic carbocycles. The molecule has 0 spiro atoms. The summed E-state index contributed by atoms with van der Waals surface area (Å²) in [5, 5.41) is 5.70. The maximum Gasteiger partial charge on any atom is 0.100 e. The van der Waals surface area contributed by atoms with Crippen LogP contribution >= 0.6 is 0 Å². The lowest BCUT2D eigenvalue weighted by atomic mass is 10.1. The number of nitrogens with two attached hydrogens (primary N) is 1. The molecular weight excluding hydrogens is 222 g/mol. The zero-order valence-electron chi connectivity index (χ0n) is 10.5. The van der Waals surface area contributed by atoms with E-state index in [1.807, 2.05) is 29.9 Å². The number of nitrogen functional groups attached to an aromatic ring is 1. The van der Waals surface area contributed by atoms with E-state index in [-0.39, 0.29) is 0 Å². The number of benzene rings is 2. The number of fused-ring (bicyclic) bond motifs is 1. The molecule has 0 bridgehead atoms. The number of anilines is 1. The Morgan fingerprint density at radius 1 is 1.11 bits per heavy atom. The highest BCUT2D eigenvalue weighted by molar-refractivity contribution is 5.95. The molecule has 0 aliphatic heterocycles. The summed E-state index contributed by atoms with van der Waals surface area (Å²) in [6.07, 6.45) is 0. The van der Waals surface area contributed by atoms with E-state index in [0.717, 1.165) is 27.8 Å². The van der Waals surface area contributed by atoms with Crippen molar-refractivity contribution < 1.29 is 0 Å². The Bertz CT molecular complexity index is 726. The van der Waals surface area contributed by atoms with Crippen molar-refractivity contribution >= 4 is 16.6 Å². The van der Waals surface area contributed by atoms with E-state index in [1.54, 1.807) is 0 Å². The summed E-state index contributed by atoms with van der Waals surface area (Å²) in [4.78, 5) is 0. The lowest BCUT2D eigenvalue weighted by molar-refractivity contribution is 0.800. The van der Waals surface area contributed by atoms with Gasteiger partial charge in [0.1, 0.15) is 5.69 Å². The van der Waals surface area contributed by atoms with Crippen molar-refractivity contribution in [2.75, 3.05) is 5.73 Å². The normalized spacial score (nSPS) is 11.0. The molecule has 0 saturated heterocycles. The second-order valence-corrected chi connectivity index (χ2v) is 4.62. The van der Waals surface area contributed by atoms with E-state index in [0.29, 0.717) is 0 Å². The van der Waals surface area contributed by atoms with Crippen molar-refractivity contribution in [3.63, 3.8) is 0 Å². The number of hydrogen-bond acceptors (Lipinski definition) is 2. The Morgan fingerprint density at radius 2 is 1.94 bits per heavy atom. The Labute approximate surface area is 106 Å². The predicted octanol–water partition coefficient (Wildman–Crippen LogP) is 3.13. The molecule has 3 aromatic rings. The smallest absolute Gasteiger partial charge is 0.100 e. The number of aromatic nitrogens is 2. The Morgan fingerprint density at radius 3 is 2.72 bits per heavy atom. The molecule has 0 radical (unpaired) electrons. The van der Waals surface area contributed by atoms with E-state index in [2.05, 4.69) is 36.3 Å². The molecule has 1 heterocycles. The zero-order valence-corrected chi connectivity index (χ0v) is 10.5. The highest BCUT2D eigenvalue weighted by atomic mass is 15.3. The van der Waals surface area contributed by atoms with Gasteiger partial charge in [0.25, 0.3) is 0 Å². The van der Waals surface area contributed by atoms with Crippen molar-refractivity contribution in [3.05, 3.63) is 48.0 Å². The molecule has 2 N–H and O–H groups in total. The molecule has 0 aliphatic rings. The van der Waals surface area contributed by atoms with Crippen LogP contribution in [-0.4, -0.2) is 9.78 Å². The van der Waals surface area contributed by atoms with Gasteiger partial charge in [0.05, 0.1) is 5.52 Å². The van der Waals surface area contributed by atoms with Gasteiger partial charge >= 0.3 is 0 Å². The maximum absolute atomic E-state index is 5.87. The van der Waals surface area contributed by atoms with Crippen molar-refractivity contribution in [2.24, 2.45) is 7.05 Å². The van der Waals surface area contributed by atoms with Crippen LogP contribution in [0.15, 0.2) is 42.5 Å². The van der Waals surface area contributed by atoms with Gasteiger partial charge in [0.2, 0.25) is 0 Å². The first kappa shape index (κ1) is 10.8. The summed E-state index contributed by atoms with van der Waals surface area (Å²) in [6.45, 7) is 2.09. The maximum atomic E-state index is 5.87. The van der Waals surface area contributed by atoms with Gasteiger partial charge in [0.15, 0.2) is 0 Å². The van der Waals surface area contributed by atoms with Crippen LogP contribution in [0.25, 0.3) is 22.2 Å². The average molecular weight is 237 g/mol. The molecule has 0 aliphatic carbocycles. The fourth-order valence-corrected chi connectivity index (χ4v) is 2.29. The van der Waals surface area contributed by atoms with Gasteiger partial charge in [0, 0.05) is 23.7 Å². The van der Waals surface area contributed by atoms with Crippen molar-refractivity contribution in [1.29, 1.82) is 0 Å². The monoisotopic (exact) mass is 237 g/mol. The molecule has 0 fully saturated rings. The van der Waals surface area contributed by atoms with Gasteiger partial charge in [-0.2, -0.15) is 5.10 Å². The summed E-state index contributed by atoms with van der Waals surface area (Å²) in [5.41, 5.74) is 11.1. The van der Waals surface area contributed by atoms with Gasteiger partial charge in [-0.25, -0.2) is 0 Å². The molecule has 3 nitrogen and oxygen atoms in total. The largest absolute Gasteiger partial charge is 0.399 e. The molecule has 3 heteroatoms. The molecule has 3 rings (SSSR count). The van der Waals surface area contributed by atoms with E-state index in [1.165, 1.54) is 5.56 Å². The summed E-state index contributed by atoms with van der Waals surface area (Å²) in [5.74, 6) is 0. The summed E-state index contributed by atoms with van der Waals surface area (Å²) in [6, 6.07) is 14.3. The van der Waals surface area contributed by atoms with Crippen LogP contribution in [0.5, 0.6) is 0 Å². The minimum atomic E-state index is 0.768. The van der Waals surface area contributed by atoms with E-state index >= 15 is 0 Å². The highest BCUT2D eigenvalue weighted by Gasteiger charge is 2.10. The van der Waals surface area contributed by atoms with Crippen LogP contribution < -0.4 is 5.73 Å². The summed E-state index contributed by atoms with van der Waals surface area (Å²) in [7, 11) is 1.96. The number of rotatable bonds is 1. The van der Waals surface area contributed by atoms with Crippen molar-refractivity contribution in [3.8, 4) is 11.3 Å². The predicted molar refractivity (Wildman–Crippen MR) is 75.3 cm³/mol. The fraction of sp³-hybridized carbons (Fsp3) is 0.133. The lowest BCUT2D eigenvalue weighted by Crippen LogP contribution is -1.89. The third-order valence-corrected chi connectivity index (χ3v) is 3.17. The Hall–Kier alpha value is -2.29. The highest BCUT2D eigenvalue weighted by Crippen LogP contribution is 2.29. The number of aryl methyl sites for hydroxylation is 2. The summed E-state index contributed by atoms with van der Waals surface area (Å²) >= 11 is 0. The second kappa shape index (κ2) is 3.88. The van der Waals surface area contributed by atoms with Crippen LogP contribution in [0.4, 0.5) is 5.69 Å². The first-order valence-corrected chi connectivity index (χ1v) is 5.94. The second-order valence-electron chi connectivity index (χ2n) is 4.62. The first-order chi connectivity index (χ1) is 8.65. The minimum Gasteiger partial charge on any atom is -0.399 e. The first-order valence-electron chi connectivity index (χ1n) is 5.94. The van der Waals surface area contributed by atoms with Gasteiger partial charge in [-0.05, 0) is 31.2 Å². The standard InChI is InChI=1S/C15H15N3/c1-10-4-3-5-11(8-10)15-13-9-12(16)6-7-14(13)18(2)17-15/h3-9H,16H2,1-2H3. The van der Waals surface area contributed by atoms with Crippen LogP contribution in [0.1, 0.15) is 5.56 Å². The van der Waals surface area contributed by atoms with Crippen molar-refractivity contribution in [2.45, 2.75) is 6.92 Å². The van der Waals surface area contributed by atoms with Gasteiger partial charge in [-0.1, -0.05) is 23.8 Å². The van der Waals surface area contributed by atoms with Crippen LogP contribution in [0.3, 0.4) is 0 Å². The number of nitrogens with zero attached hydrogens (tertiary/aromatic N) is 2. The average Bonchev–Trinajstić information content (AvgIpc) is 2.66. The molecule has 18 heavy (non-hydrogen) atoms. The molecule has 0 atom stereocenters. The Balaban J connectivity index is 2.32. The van der Waals surface area contributed by atoms with Gasteiger partial charge < -0.3 is 5.73 Å². The molecular formula is C15H15N3. The van der Waals surface area contributed by atoms with E-state index in [9.17, 15) is 0 Å². The lowest BCUT2D eigenvalue weighted by Gasteiger charge is -2.00. The number of hydrogen-bond donors (Lipinski definition) is 1. The molecule has 0 saturated carbocycles. The third-order valence-electron chi connectivity index (χ3n) is 3.17. The van der Waals surface area contributed by atoms with E-state index < -0.39 is 0 Å². The van der Waals surface area contributed by atoms with Crippen LogP contribution in [0, 0.1) is 6.92 Å². The topological polar surface area (TPSA) is 43.8 Å². The minimum absolute atomic E-state index is 0.768. The van der Waals surface area contributed by atoms with Crippen LogP contribution in [0.2, 0.25) is 0 Å². The zero-order chi connectivity index (χ0) is 12.7.